The third kappa shape index (κ3) is 8.31. The zero-order valence-corrected chi connectivity index (χ0v) is 19.1. The molecule has 1 aliphatic carbocycles. The molecule has 1 amide bonds. The van der Waals surface area contributed by atoms with Crippen LogP contribution in [0.15, 0.2) is 11.3 Å². The summed E-state index contributed by atoms with van der Waals surface area (Å²) in [5.74, 6) is 1.59. The number of hydrogen-bond donors (Lipinski definition) is 3. The van der Waals surface area contributed by atoms with E-state index in [1.54, 1.807) is 11.7 Å². The fraction of sp³-hybridized carbons (Fsp3) is 0.765. The van der Waals surface area contributed by atoms with Crippen LogP contribution in [0.3, 0.4) is 0 Å². The van der Waals surface area contributed by atoms with Crippen LogP contribution in [0, 0.1) is 0 Å². The molecule has 27 heavy (non-hydrogen) atoms. The second kappa shape index (κ2) is 10.7. The fourth-order valence-corrected chi connectivity index (χ4v) is 2.89. The lowest BCUT2D eigenvalue weighted by atomic mass is 9.91. The minimum absolute atomic E-state index is 0. The molecule has 3 N–H and O–H groups in total. The molecule has 1 aromatic heterocycles. The number of amides is 1. The Morgan fingerprint density at radius 2 is 1.85 bits per heavy atom. The van der Waals surface area contributed by atoms with E-state index in [2.05, 4.69) is 31.0 Å². The first-order valence-corrected chi connectivity index (χ1v) is 9.06. The summed E-state index contributed by atoms with van der Waals surface area (Å²) in [6.45, 7) is 6.17. The highest BCUT2D eigenvalue weighted by molar-refractivity contribution is 14.0. The van der Waals surface area contributed by atoms with E-state index >= 15 is 0 Å². The molecule has 1 fully saturated rings. The van der Waals surface area contributed by atoms with E-state index in [0.717, 1.165) is 37.5 Å². The molecule has 9 nitrogen and oxygen atoms in total. The highest BCUT2D eigenvalue weighted by Crippen LogP contribution is 2.19. The van der Waals surface area contributed by atoms with Gasteiger partial charge in [-0.25, -0.2) is 9.78 Å². The van der Waals surface area contributed by atoms with Gasteiger partial charge in [0, 0.05) is 26.2 Å². The molecule has 0 saturated heterocycles. The molecular formula is C17H32IN7O2. The average molecular weight is 493 g/mol. The Bertz CT molecular complexity index is 619. The minimum atomic E-state index is -0.469. The quantitative estimate of drug-likeness (QED) is 0.337. The molecule has 0 unspecified atom stereocenters. The Balaban J connectivity index is 0.00000364. The van der Waals surface area contributed by atoms with Gasteiger partial charge in [-0.1, -0.05) is 0 Å². The maximum Gasteiger partial charge on any atom is 0.407 e. The molecule has 0 aromatic carbocycles. The van der Waals surface area contributed by atoms with Gasteiger partial charge in [0.15, 0.2) is 5.96 Å². The predicted molar refractivity (Wildman–Crippen MR) is 115 cm³/mol. The monoisotopic (exact) mass is 493 g/mol. The summed E-state index contributed by atoms with van der Waals surface area (Å²) in [5, 5.41) is 13.7. The highest BCUT2D eigenvalue weighted by Gasteiger charge is 2.25. The lowest BCUT2D eigenvalue weighted by Gasteiger charge is -2.31. The number of nitrogens with zero attached hydrogens (tertiary/aromatic N) is 4. The number of aromatic nitrogens is 3. The summed E-state index contributed by atoms with van der Waals surface area (Å²) in [5.41, 5.74) is -0.469. The number of rotatable bonds is 4. The number of alkyl carbamates (subject to hydrolysis) is 1. The number of halogens is 1. The second-order valence-electron chi connectivity index (χ2n) is 7.56. The molecule has 0 radical (unpaired) electrons. The van der Waals surface area contributed by atoms with Crippen LogP contribution in [0.1, 0.15) is 52.3 Å². The zero-order valence-electron chi connectivity index (χ0n) is 16.8. The summed E-state index contributed by atoms with van der Waals surface area (Å²) in [4.78, 5) is 20.3. The van der Waals surface area contributed by atoms with Gasteiger partial charge in [0.25, 0.3) is 0 Å². The molecule has 0 aliphatic heterocycles. The van der Waals surface area contributed by atoms with Gasteiger partial charge < -0.3 is 20.7 Å². The van der Waals surface area contributed by atoms with Crippen molar-refractivity contribution >= 4 is 36.0 Å². The molecular weight excluding hydrogens is 461 g/mol. The van der Waals surface area contributed by atoms with Crippen LogP contribution in [0.5, 0.6) is 0 Å². The van der Waals surface area contributed by atoms with Crippen molar-refractivity contribution in [2.24, 2.45) is 12.0 Å². The van der Waals surface area contributed by atoms with Crippen molar-refractivity contribution in [1.29, 1.82) is 0 Å². The van der Waals surface area contributed by atoms with E-state index in [-0.39, 0.29) is 36.1 Å². The standard InChI is InChI=1S/C17H31N7O2.HI/c1-17(2,3)26-16(25)23-13-8-6-12(7-9-13)22-15(18-4)19-10-14-20-11-21-24(14)5;/h11-13H,6-10H2,1-5H3,(H,23,25)(H2,18,19,22);1H. The van der Waals surface area contributed by atoms with Crippen molar-refractivity contribution in [3.05, 3.63) is 12.2 Å². The van der Waals surface area contributed by atoms with E-state index in [1.165, 1.54) is 6.33 Å². The SMILES string of the molecule is CN=C(NCc1ncnn1C)NC1CCC(NC(=O)OC(C)(C)C)CC1.I. The van der Waals surface area contributed by atoms with Crippen molar-refractivity contribution in [3.8, 4) is 0 Å². The van der Waals surface area contributed by atoms with Crippen molar-refractivity contribution in [1.82, 2.24) is 30.7 Å². The third-order valence-electron chi connectivity index (χ3n) is 4.23. The van der Waals surface area contributed by atoms with Gasteiger partial charge in [-0.05, 0) is 46.5 Å². The summed E-state index contributed by atoms with van der Waals surface area (Å²) >= 11 is 0. The Morgan fingerprint density at radius 3 is 2.33 bits per heavy atom. The molecule has 1 heterocycles. The van der Waals surface area contributed by atoms with E-state index in [4.69, 9.17) is 4.74 Å². The van der Waals surface area contributed by atoms with Gasteiger partial charge >= 0.3 is 6.09 Å². The van der Waals surface area contributed by atoms with Gasteiger partial charge in [0.1, 0.15) is 17.8 Å². The predicted octanol–water partition coefficient (Wildman–Crippen LogP) is 1.93. The first-order chi connectivity index (χ1) is 12.3. The van der Waals surface area contributed by atoms with Crippen molar-refractivity contribution < 1.29 is 9.53 Å². The molecule has 1 aromatic rings. The number of carbonyl (C=O) groups excluding carboxylic acids is 1. The Hall–Kier alpha value is -1.59. The van der Waals surface area contributed by atoms with E-state index in [1.807, 2.05) is 27.8 Å². The first kappa shape index (κ1) is 23.4. The molecule has 10 heteroatoms. The van der Waals surface area contributed by atoms with E-state index in [0.29, 0.717) is 12.6 Å². The van der Waals surface area contributed by atoms with Gasteiger partial charge in [0.2, 0.25) is 0 Å². The van der Waals surface area contributed by atoms with Gasteiger partial charge in [0.05, 0.1) is 6.54 Å². The number of nitrogens with one attached hydrogen (secondary N) is 3. The maximum atomic E-state index is 11.9. The van der Waals surface area contributed by atoms with Crippen LogP contribution < -0.4 is 16.0 Å². The van der Waals surface area contributed by atoms with Crippen molar-refractivity contribution in [2.75, 3.05) is 7.05 Å². The smallest absolute Gasteiger partial charge is 0.407 e. The minimum Gasteiger partial charge on any atom is -0.444 e. The zero-order chi connectivity index (χ0) is 19.2. The molecule has 0 atom stereocenters. The maximum absolute atomic E-state index is 11.9. The molecule has 1 saturated carbocycles. The number of aryl methyl sites for hydroxylation is 1. The number of carbonyl (C=O) groups is 1. The molecule has 0 bridgehead atoms. The van der Waals surface area contributed by atoms with Crippen molar-refractivity contribution in [3.63, 3.8) is 0 Å². The highest BCUT2D eigenvalue weighted by atomic mass is 127. The van der Waals surface area contributed by atoms with Gasteiger partial charge in [-0.15, -0.1) is 24.0 Å². The van der Waals surface area contributed by atoms with E-state index < -0.39 is 5.60 Å². The fourth-order valence-electron chi connectivity index (χ4n) is 2.89. The van der Waals surface area contributed by atoms with Crippen LogP contribution >= 0.6 is 24.0 Å². The number of guanidine groups is 1. The Morgan fingerprint density at radius 1 is 1.26 bits per heavy atom. The van der Waals surface area contributed by atoms with Crippen LogP contribution in [0.4, 0.5) is 4.79 Å². The normalized spacial score (nSPS) is 20.4. The Kier molecular flexibility index (Phi) is 9.27. The third-order valence-corrected chi connectivity index (χ3v) is 4.23. The van der Waals surface area contributed by atoms with Crippen molar-refractivity contribution in [2.45, 2.75) is 70.7 Å². The largest absolute Gasteiger partial charge is 0.444 e. The molecule has 154 valence electrons. The lowest BCUT2D eigenvalue weighted by Crippen LogP contribution is -2.48. The van der Waals surface area contributed by atoms with Crippen LogP contribution in [0.2, 0.25) is 0 Å². The molecule has 2 rings (SSSR count). The molecule has 0 spiro atoms. The summed E-state index contributed by atoms with van der Waals surface area (Å²) in [6, 6.07) is 0.494. The van der Waals surface area contributed by atoms with Crippen LogP contribution in [-0.4, -0.2) is 51.5 Å². The number of aliphatic imine (C=N–C) groups is 1. The number of hydrogen-bond acceptors (Lipinski definition) is 5. The second-order valence-corrected chi connectivity index (χ2v) is 7.56. The average Bonchev–Trinajstić information content (AvgIpc) is 2.96. The molecule has 1 aliphatic rings. The summed E-state index contributed by atoms with van der Waals surface area (Å²) in [6.07, 6.45) is 4.95. The number of ether oxygens (including phenoxy) is 1. The topological polar surface area (TPSA) is 105 Å². The Labute approximate surface area is 178 Å². The first-order valence-electron chi connectivity index (χ1n) is 9.06. The van der Waals surface area contributed by atoms with Gasteiger partial charge in [-0.3, -0.25) is 9.67 Å². The summed E-state index contributed by atoms with van der Waals surface area (Å²) in [7, 11) is 3.61. The van der Waals surface area contributed by atoms with Crippen LogP contribution in [0.25, 0.3) is 0 Å². The lowest BCUT2D eigenvalue weighted by molar-refractivity contribution is 0.0490. The summed E-state index contributed by atoms with van der Waals surface area (Å²) < 4.78 is 7.05. The van der Waals surface area contributed by atoms with Gasteiger partial charge in [-0.2, -0.15) is 5.10 Å². The van der Waals surface area contributed by atoms with E-state index in [9.17, 15) is 4.79 Å². The van der Waals surface area contributed by atoms with Crippen LogP contribution in [-0.2, 0) is 18.3 Å².